The first-order valence-corrected chi connectivity index (χ1v) is 7.55. The molecule has 0 spiro atoms. The van der Waals surface area contributed by atoms with Crippen LogP contribution in [0.15, 0.2) is 66.7 Å². The van der Waals surface area contributed by atoms with Crippen LogP contribution >= 0.6 is 0 Å². The minimum atomic E-state index is -0.273. The Morgan fingerprint density at radius 3 is 2.43 bits per heavy atom. The summed E-state index contributed by atoms with van der Waals surface area (Å²) in [6.45, 7) is 2.55. The van der Waals surface area contributed by atoms with Crippen LogP contribution in [0.3, 0.4) is 0 Å². The van der Waals surface area contributed by atoms with Crippen molar-refractivity contribution in [1.82, 2.24) is 0 Å². The van der Waals surface area contributed by atoms with Gasteiger partial charge in [-0.1, -0.05) is 36.4 Å². The van der Waals surface area contributed by atoms with Gasteiger partial charge >= 0.3 is 6.03 Å². The maximum absolute atomic E-state index is 12.2. The SMILES string of the molecule is CCOc1ccc(NC(=O)Nc2cccc3ccccc23)cc1. The Labute approximate surface area is 135 Å². The summed E-state index contributed by atoms with van der Waals surface area (Å²) in [7, 11) is 0. The van der Waals surface area contributed by atoms with Gasteiger partial charge in [0, 0.05) is 11.1 Å². The van der Waals surface area contributed by atoms with E-state index in [0.29, 0.717) is 12.3 Å². The topological polar surface area (TPSA) is 50.4 Å². The number of urea groups is 1. The van der Waals surface area contributed by atoms with Crippen LogP contribution in [-0.4, -0.2) is 12.6 Å². The van der Waals surface area contributed by atoms with Crippen molar-refractivity contribution in [2.24, 2.45) is 0 Å². The number of amides is 2. The summed E-state index contributed by atoms with van der Waals surface area (Å²) in [6, 6.07) is 20.8. The van der Waals surface area contributed by atoms with Gasteiger partial charge in [-0.3, -0.25) is 0 Å². The normalized spacial score (nSPS) is 10.3. The van der Waals surface area contributed by atoms with Crippen LogP contribution in [0.2, 0.25) is 0 Å². The molecule has 0 radical (unpaired) electrons. The molecule has 0 fully saturated rings. The van der Waals surface area contributed by atoms with Gasteiger partial charge in [-0.2, -0.15) is 0 Å². The third kappa shape index (κ3) is 3.61. The standard InChI is InChI=1S/C19H18N2O2/c1-2-23-16-12-10-15(11-13-16)20-19(22)21-18-9-5-7-14-6-3-4-8-17(14)18/h3-13H,2H2,1H3,(H2,20,21,22). The monoisotopic (exact) mass is 306 g/mol. The van der Waals surface area contributed by atoms with Gasteiger partial charge in [0.2, 0.25) is 0 Å². The number of fused-ring (bicyclic) bond motifs is 1. The molecule has 3 aromatic carbocycles. The predicted molar refractivity (Wildman–Crippen MR) is 94.2 cm³/mol. The number of benzene rings is 3. The highest BCUT2D eigenvalue weighted by molar-refractivity contribution is 6.06. The number of carbonyl (C=O) groups excluding carboxylic acids is 1. The molecule has 0 atom stereocenters. The molecular formula is C19H18N2O2. The molecule has 0 aliphatic heterocycles. The maximum atomic E-state index is 12.2. The van der Waals surface area contributed by atoms with Crippen LogP contribution in [0, 0.1) is 0 Å². The lowest BCUT2D eigenvalue weighted by Crippen LogP contribution is -2.19. The Morgan fingerprint density at radius 2 is 1.65 bits per heavy atom. The summed E-state index contributed by atoms with van der Waals surface area (Å²) in [5.41, 5.74) is 1.50. The molecule has 23 heavy (non-hydrogen) atoms. The second-order valence-electron chi connectivity index (χ2n) is 5.06. The van der Waals surface area contributed by atoms with Crippen LogP contribution in [0.4, 0.5) is 16.2 Å². The number of hydrogen-bond acceptors (Lipinski definition) is 2. The quantitative estimate of drug-likeness (QED) is 0.721. The lowest BCUT2D eigenvalue weighted by molar-refractivity contribution is 0.262. The molecule has 0 aliphatic carbocycles. The van der Waals surface area contributed by atoms with Crippen LogP contribution in [-0.2, 0) is 0 Å². The molecule has 0 saturated carbocycles. The van der Waals surface area contributed by atoms with Crippen LogP contribution < -0.4 is 15.4 Å². The average molecular weight is 306 g/mol. The molecule has 0 aliphatic rings. The van der Waals surface area contributed by atoms with Crippen molar-refractivity contribution < 1.29 is 9.53 Å². The number of carbonyl (C=O) groups is 1. The van der Waals surface area contributed by atoms with Gasteiger partial charge in [-0.05, 0) is 42.6 Å². The van der Waals surface area contributed by atoms with Crippen molar-refractivity contribution in [1.29, 1.82) is 0 Å². The summed E-state index contributed by atoms with van der Waals surface area (Å²) in [6.07, 6.45) is 0. The van der Waals surface area contributed by atoms with E-state index < -0.39 is 0 Å². The Bertz CT molecular complexity index is 808. The molecule has 2 N–H and O–H groups in total. The van der Waals surface area contributed by atoms with Gasteiger partial charge in [-0.25, -0.2) is 4.79 Å². The highest BCUT2D eigenvalue weighted by Crippen LogP contribution is 2.23. The Morgan fingerprint density at radius 1 is 0.913 bits per heavy atom. The first-order valence-electron chi connectivity index (χ1n) is 7.55. The van der Waals surface area contributed by atoms with Crippen molar-refractivity contribution in [2.75, 3.05) is 17.2 Å². The van der Waals surface area contributed by atoms with Crippen LogP contribution in [0.25, 0.3) is 10.8 Å². The molecule has 0 aromatic heterocycles. The predicted octanol–water partition coefficient (Wildman–Crippen LogP) is 4.88. The summed E-state index contributed by atoms with van der Waals surface area (Å²) >= 11 is 0. The van der Waals surface area contributed by atoms with Gasteiger partial charge in [0.05, 0.1) is 12.3 Å². The molecule has 0 bridgehead atoms. The molecule has 0 unspecified atom stereocenters. The summed E-state index contributed by atoms with van der Waals surface area (Å²) in [5.74, 6) is 0.785. The van der Waals surface area contributed by atoms with E-state index in [9.17, 15) is 4.79 Å². The van der Waals surface area contributed by atoms with E-state index in [1.165, 1.54) is 0 Å². The summed E-state index contributed by atoms with van der Waals surface area (Å²) in [5, 5.41) is 7.81. The van der Waals surface area contributed by atoms with E-state index in [1.54, 1.807) is 0 Å². The number of anilines is 2. The fraction of sp³-hybridized carbons (Fsp3) is 0.105. The zero-order valence-corrected chi connectivity index (χ0v) is 12.9. The lowest BCUT2D eigenvalue weighted by atomic mass is 10.1. The number of ether oxygens (including phenoxy) is 1. The highest BCUT2D eigenvalue weighted by atomic mass is 16.5. The Hall–Kier alpha value is -3.01. The molecule has 3 aromatic rings. The van der Waals surface area contributed by atoms with E-state index >= 15 is 0 Å². The zero-order chi connectivity index (χ0) is 16.1. The smallest absolute Gasteiger partial charge is 0.323 e. The largest absolute Gasteiger partial charge is 0.494 e. The third-order valence-corrected chi connectivity index (χ3v) is 3.46. The fourth-order valence-corrected chi connectivity index (χ4v) is 2.42. The third-order valence-electron chi connectivity index (χ3n) is 3.46. The van der Waals surface area contributed by atoms with Crippen molar-refractivity contribution in [2.45, 2.75) is 6.92 Å². The Kier molecular flexibility index (Phi) is 4.43. The number of hydrogen-bond donors (Lipinski definition) is 2. The van der Waals surface area contributed by atoms with E-state index in [0.717, 1.165) is 22.2 Å². The van der Waals surface area contributed by atoms with Gasteiger partial charge in [-0.15, -0.1) is 0 Å². The van der Waals surface area contributed by atoms with Crippen molar-refractivity contribution in [3.8, 4) is 5.75 Å². The van der Waals surface area contributed by atoms with Gasteiger partial charge < -0.3 is 15.4 Å². The Balaban J connectivity index is 1.71. The highest BCUT2D eigenvalue weighted by Gasteiger charge is 2.06. The molecule has 4 nitrogen and oxygen atoms in total. The summed E-state index contributed by atoms with van der Waals surface area (Å²) in [4.78, 5) is 12.2. The summed E-state index contributed by atoms with van der Waals surface area (Å²) < 4.78 is 5.38. The van der Waals surface area contributed by atoms with E-state index in [2.05, 4.69) is 10.6 Å². The zero-order valence-electron chi connectivity index (χ0n) is 12.9. The van der Waals surface area contributed by atoms with E-state index in [4.69, 9.17) is 4.74 Å². The van der Waals surface area contributed by atoms with Crippen molar-refractivity contribution in [3.05, 3.63) is 66.7 Å². The minimum Gasteiger partial charge on any atom is -0.494 e. The maximum Gasteiger partial charge on any atom is 0.323 e. The first-order chi connectivity index (χ1) is 11.3. The molecule has 2 amide bonds. The van der Waals surface area contributed by atoms with Gasteiger partial charge in [0.1, 0.15) is 5.75 Å². The van der Waals surface area contributed by atoms with Crippen molar-refractivity contribution >= 4 is 28.2 Å². The van der Waals surface area contributed by atoms with Gasteiger partial charge in [0.15, 0.2) is 0 Å². The second kappa shape index (κ2) is 6.83. The average Bonchev–Trinajstić information content (AvgIpc) is 2.57. The number of rotatable bonds is 4. The minimum absolute atomic E-state index is 0.273. The molecule has 3 rings (SSSR count). The second-order valence-corrected chi connectivity index (χ2v) is 5.06. The molecule has 4 heteroatoms. The molecular weight excluding hydrogens is 288 g/mol. The fourth-order valence-electron chi connectivity index (χ4n) is 2.42. The first kappa shape index (κ1) is 14.9. The molecule has 116 valence electrons. The van der Waals surface area contributed by atoms with Crippen LogP contribution in [0.1, 0.15) is 6.92 Å². The lowest BCUT2D eigenvalue weighted by Gasteiger charge is -2.10. The number of nitrogens with one attached hydrogen (secondary N) is 2. The molecule has 0 heterocycles. The van der Waals surface area contributed by atoms with Crippen LogP contribution in [0.5, 0.6) is 5.75 Å². The van der Waals surface area contributed by atoms with E-state index in [1.807, 2.05) is 73.7 Å². The van der Waals surface area contributed by atoms with E-state index in [-0.39, 0.29) is 6.03 Å². The van der Waals surface area contributed by atoms with Gasteiger partial charge in [0.25, 0.3) is 0 Å². The molecule has 0 saturated heterocycles. The van der Waals surface area contributed by atoms with Crippen molar-refractivity contribution in [3.63, 3.8) is 0 Å².